The molecule has 30 heavy (non-hydrogen) atoms. The van der Waals surface area contributed by atoms with E-state index in [9.17, 15) is 9.90 Å². The van der Waals surface area contributed by atoms with Crippen LogP contribution < -0.4 is 10.6 Å². The third kappa shape index (κ3) is 4.76. The molecule has 4 aromatic rings. The number of aromatic carboxylic acids is 1. The van der Waals surface area contributed by atoms with E-state index in [2.05, 4.69) is 10.6 Å². The van der Waals surface area contributed by atoms with E-state index in [1.54, 1.807) is 47.7 Å². The molecule has 1 aromatic heterocycles. The molecule has 0 bridgehead atoms. The number of anilines is 4. The molecule has 0 unspecified atom stereocenters. The number of benzene rings is 3. The van der Waals surface area contributed by atoms with Crippen molar-refractivity contribution in [2.75, 3.05) is 10.6 Å². The van der Waals surface area contributed by atoms with Gasteiger partial charge in [-0.05, 0) is 72.3 Å². The fraction of sp³-hybridized carbons (Fsp3) is 0. The largest absolute Gasteiger partial charge is 0.478 e. The zero-order chi connectivity index (χ0) is 21.1. The van der Waals surface area contributed by atoms with Crippen molar-refractivity contribution < 1.29 is 9.90 Å². The topological polar surface area (TPSA) is 61.4 Å². The van der Waals surface area contributed by atoms with Crippen molar-refractivity contribution in [2.45, 2.75) is 0 Å². The Labute approximate surface area is 187 Å². The molecule has 0 saturated carbocycles. The van der Waals surface area contributed by atoms with Gasteiger partial charge in [-0.15, -0.1) is 11.3 Å². The summed E-state index contributed by atoms with van der Waals surface area (Å²) in [4.78, 5) is 12.8. The fourth-order valence-corrected chi connectivity index (χ4v) is 4.02. The van der Waals surface area contributed by atoms with E-state index < -0.39 is 5.97 Å². The molecular formula is C23H16Cl2N2O2S. The number of halogens is 2. The summed E-state index contributed by atoms with van der Waals surface area (Å²) in [5.74, 6) is -0.996. The standard InChI is InChI=1S/C23H16Cl2N2O2S/c24-15-2-6-17(7-3-15)26-19-12-22(30-13-19)14-1-10-21(20(11-14)23(28)29)27-18-8-4-16(25)5-9-18/h1-13,26-27H,(H,28,29). The third-order valence-electron chi connectivity index (χ3n) is 4.39. The summed E-state index contributed by atoms with van der Waals surface area (Å²) >= 11 is 13.4. The fourth-order valence-electron chi connectivity index (χ4n) is 2.93. The molecule has 0 radical (unpaired) electrons. The van der Waals surface area contributed by atoms with Crippen LogP contribution in [0.5, 0.6) is 0 Å². The molecule has 0 aliphatic carbocycles. The van der Waals surface area contributed by atoms with Gasteiger partial charge in [0.1, 0.15) is 0 Å². The van der Waals surface area contributed by atoms with E-state index in [1.807, 2.05) is 41.8 Å². The number of carbonyl (C=O) groups is 1. The van der Waals surface area contributed by atoms with E-state index in [0.29, 0.717) is 15.7 Å². The molecule has 0 atom stereocenters. The first-order chi connectivity index (χ1) is 14.5. The van der Waals surface area contributed by atoms with Crippen LogP contribution in [0.15, 0.2) is 78.2 Å². The lowest BCUT2D eigenvalue weighted by molar-refractivity contribution is 0.0698. The molecule has 3 N–H and O–H groups in total. The Hall–Kier alpha value is -2.99. The molecule has 0 saturated heterocycles. The quantitative estimate of drug-likeness (QED) is 0.277. The molecular weight excluding hydrogens is 439 g/mol. The van der Waals surface area contributed by atoms with Crippen LogP contribution in [0.1, 0.15) is 10.4 Å². The number of carboxylic acid groups (broad SMARTS) is 1. The van der Waals surface area contributed by atoms with Crippen LogP contribution >= 0.6 is 34.5 Å². The van der Waals surface area contributed by atoms with E-state index in [0.717, 1.165) is 27.5 Å². The van der Waals surface area contributed by atoms with Gasteiger partial charge in [-0.25, -0.2) is 4.79 Å². The van der Waals surface area contributed by atoms with Gasteiger partial charge in [0.05, 0.1) is 11.3 Å². The number of thiophene rings is 1. The van der Waals surface area contributed by atoms with E-state index in [4.69, 9.17) is 23.2 Å². The first-order valence-electron chi connectivity index (χ1n) is 8.99. The zero-order valence-electron chi connectivity index (χ0n) is 15.5. The van der Waals surface area contributed by atoms with Gasteiger partial charge in [-0.3, -0.25) is 0 Å². The average Bonchev–Trinajstić information content (AvgIpc) is 3.20. The molecule has 1 heterocycles. The summed E-state index contributed by atoms with van der Waals surface area (Å²) in [7, 11) is 0. The summed E-state index contributed by atoms with van der Waals surface area (Å²) in [6, 6.07) is 21.9. The van der Waals surface area contributed by atoms with Gasteiger partial charge in [-0.2, -0.15) is 0 Å². The molecule has 0 aliphatic rings. The minimum absolute atomic E-state index is 0.197. The van der Waals surface area contributed by atoms with Gasteiger partial charge in [0.2, 0.25) is 0 Å². The van der Waals surface area contributed by atoms with Gasteiger partial charge in [0.25, 0.3) is 0 Å². The van der Waals surface area contributed by atoms with Crippen LogP contribution in [0.25, 0.3) is 10.4 Å². The van der Waals surface area contributed by atoms with Crippen LogP contribution in [0, 0.1) is 0 Å². The lowest BCUT2D eigenvalue weighted by atomic mass is 10.1. The van der Waals surface area contributed by atoms with Gasteiger partial charge in [-0.1, -0.05) is 29.3 Å². The Morgan fingerprint density at radius 1 is 0.767 bits per heavy atom. The number of carboxylic acids is 1. The predicted octanol–water partition coefficient (Wildman–Crippen LogP) is 7.91. The highest BCUT2D eigenvalue weighted by Crippen LogP contribution is 2.34. The van der Waals surface area contributed by atoms with E-state index in [1.165, 1.54) is 0 Å². The Morgan fingerprint density at radius 3 is 1.97 bits per heavy atom. The second kappa shape index (κ2) is 8.79. The number of nitrogens with one attached hydrogen (secondary N) is 2. The predicted molar refractivity (Wildman–Crippen MR) is 126 cm³/mol. The SMILES string of the molecule is O=C(O)c1cc(-c2cc(Nc3ccc(Cl)cc3)cs2)ccc1Nc1ccc(Cl)cc1. The number of hydrogen-bond donors (Lipinski definition) is 3. The highest BCUT2D eigenvalue weighted by atomic mass is 35.5. The van der Waals surface area contributed by atoms with Crippen molar-refractivity contribution in [1.29, 1.82) is 0 Å². The van der Waals surface area contributed by atoms with Gasteiger partial charge < -0.3 is 15.7 Å². The molecule has 0 fully saturated rings. The van der Waals surface area contributed by atoms with Crippen LogP contribution in [-0.4, -0.2) is 11.1 Å². The molecule has 4 rings (SSSR count). The Kier molecular flexibility index (Phi) is 5.95. The minimum atomic E-state index is -0.996. The average molecular weight is 455 g/mol. The summed E-state index contributed by atoms with van der Waals surface area (Å²) in [5, 5.41) is 19.5. The number of hydrogen-bond acceptors (Lipinski definition) is 4. The maximum atomic E-state index is 11.8. The van der Waals surface area contributed by atoms with E-state index in [-0.39, 0.29) is 5.56 Å². The highest BCUT2D eigenvalue weighted by molar-refractivity contribution is 7.14. The Bertz CT molecular complexity index is 1190. The van der Waals surface area contributed by atoms with Crippen molar-refractivity contribution in [3.63, 3.8) is 0 Å². The maximum absolute atomic E-state index is 11.8. The summed E-state index contributed by atoms with van der Waals surface area (Å²) in [6.45, 7) is 0. The summed E-state index contributed by atoms with van der Waals surface area (Å²) in [6.07, 6.45) is 0. The smallest absolute Gasteiger partial charge is 0.337 e. The molecule has 0 amide bonds. The molecule has 7 heteroatoms. The van der Waals surface area contributed by atoms with Crippen molar-refractivity contribution in [3.8, 4) is 10.4 Å². The normalized spacial score (nSPS) is 10.6. The third-order valence-corrected chi connectivity index (χ3v) is 5.87. The summed E-state index contributed by atoms with van der Waals surface area (Å²) < 4.78 is 0. The number of rotatable bonds is 6. The van der Waals surface area contributed by atoms with Gasteiger partial charge >= 0.3 is 5.97 Å². The lowest BCUT2D eigenvalue weighted by Crippen LogP contribution is -2.03. The second-order valence-corrected chi connectivity index (χ2v) is 8.31. The first-order valence-corrected chi connectivity index (χ1v) is 10.6. The van der Waals surface area contributed by atoms with Crippen LogP contribution in [-0.2, 0) is 0 Å². The van der Waals surface area contributed by atoms with Gasteiger partial charge in [0, 0.05) is 37.4 Å². The highest BCUT2D eigenvalue weighted by Gasteiger charge is 2.13. The molecule has 3 aromatic carbocycles. The molecule has 0 aliphatic heterocycles. The van der Waals surface area contributed by atoms with Crippen molar-refractivity contribution >= 4 is 63.3 Å². The molecule has 150 valence electrons. The summed E-state index contributed by atoms with van der Waals surface area (Å²) in [5.41, 5.74) is 4.17. The zero-order valence-corrected chi connectivity index (χ0v) is 17.9. The van der Waals surface area contributed by atoms with Crippen molar-refractivity contribution in [3.05, 3.63) is 93.8 Å². The first kappa shape index (κ1) is 20.3. The monoisotopic (exact) mass is 454 g/mol. The maximum Gasteiger partial charge on any atom is 0.337 e. The van der Waals surface area contributed by atoms with Crippen LogP contribution in [0.2, 0.25) is 10.0 Å². The van der Waals surface area contributed by atoms with Gasteiger partial charge in [0.15, 0.2) is 0 Å². The molecule has 4 nitrogen and oxygen atoms in total. The Balaban J connectivity index is 1.58. The molecule has 0 spiro atoms. The second-order valence-electron chi connectivity index (χ2n) is 6.53. The van der Waals surface area contributed by atoms with Crippen LogP contribution in [0.4, 0.5) is 22.7 Å². The minimum Gasteiger partial charge on any atom is -0.478 e. The Morgan fingerprint density at radius 2 is 1.37 bits per heavy atom. The van der Waals surface area contributed by atoms with Crippen LogP contribution in [0.3, 0.4) is 0 Å². The van der Waals surface area contributed by atoms with Crippen molar-refractivity contribution in [1.82, 2.24) is 0 Å². The lowest BCUT2D eigenvalue weighted by Gasteiger charge is -2.11. The van der Waals surface area contributed by atoms with Crippen molar-refractivity contribution in [2.24, 2.45) is 0 Å². The van der Waals surface area contributed by atoms with E-state index >= 15 is 0 Å².